The van der Waals surface area contributed by atoms with Crippen molar-refractivity contribution in [2.75, 3.05) is 14.1 Å². The number of likely N-dealkylation sites (N-methyl/N-ethyl adjacent to an activating group) is 1. The van der Waals surface area contributed by atoms with E-state index < -0.39 is 0 Å². The van der Waals surface area contributed by atoms with Crippen LogP contribution in [0.1, 0.15) is 24.1 Å². The monoisotopic (exact) mass is 230 g/mol. The van der Waals surface area contributed by atoms with Gasteiger partial charge in [-0.25, -0.2) is 9.97 Å². The molecule has 0 amide bonds. The highest BCUT2D eigenvalue weighted by molar-refractivity contribution is 5.79. The van der Waals surface area contributed by atoms with Gasteiger partial charge in [0.25, 0.3) is 0 Å². The Morgan fingerprint density at radius 2 is 2.29 bits per heavy atom. The first kappa shape index (κ1) is 10.7. The summed E-state index contributed by atoms with van der Waals surface area (Å²) in [5.41, 5.74) is 4.96. The number of aromatic nitrogens is 3. The Balaban J connectivity index is 2.08. The van der Waals surface area contributed by atoms with Crippen LogP contribution in [0.5, 0.6) is 0 Å². The minimum Gasteiger partial charge on any atom is -0.356 e. The highest BCUT2D eigenvalue weighted by Crippen LogP contribution is 2.27. The zero-order chi connectivity index (χ0) is 11.8. The van der Waals surface area contributed by atoms with E-state index in [1.807, 2.05) is 6.20 Å². The van der Waals surface area contributed by atoms with Gasteiger partial charge in [0.15, 0.2) is 0 Å². The fourth-order valence-corrected chi connectivity index (χ4v) is 2.77. The Bertz CT molecular complexity index is 529. The van der Waals surface area contributed by atoms with Crippen molar-refractivity contribution >= 4 is 11.0 Å². The molecule has 1 aliphatic carbocycles. The van der Waals surface area contributed by atoms with Crippen molar-refractivity contribution in [3.8, 4) is 0 Å². The van der Waals surface area contributed by atoms with Gasteiger partial charge in [-0.15, -0.1) is 0 Å². The molecule has 0 fully saturated rings. The molecule has 1 atom stereocenters. The molecule has 0 saturated heterocycles. The third-order valence-electron chi connectivity index (χ3n) is 3.78. The van der Waals surface area contributed by atoms with Crippen molar-refractivity contribution in [2.24, 2.45) is 0 Å². The van der Waals surface area contributed by atoms with E-state index in [1.54, 1.807) is 6.33 Å². The van der Waals surface area contributed by atoms with Crippen molar-refractivity contribution in [1.29, 1.82) is 0 Å². The smallest absolute Gasteiger partial charge is 0.116 e. The van der Waals surface area contributed by atoms with E-state index in [-0.39, 0.29) is 0 Å². The second-order valence-corrected chi connectivity index (χ2v) is 5.08. The number of aromatic amines is 1. The molecule has 0 radical (unpaired) electrons. The van der Waals surface area contributed by atoms with Gasteiger partial charge in [-0.3, -0.25) is 0 Å². The summed E-state index contributed by atoms with van der Waals surface area (Å²) in [5, 5.41) is 0. The molecule has 0 bridgehead atoms. The first-order chi connectivity index (χ1) is 8.25. The SMILES string of the molecule is CN(C)[C@H]1CCCc2[nH]c3cncnc3c2C1. The number of hydrogen-bond donors (Lipinski definition) is 1. The molecule has 0 aromatic carbocycles. The maximum absolute atomic E-state index is 4.43. The summed E-state index contributed by atoms with van der Waals surface area (Å²) in [7, 11) is 4.33. The molecule has 1 aliphatic rings. The molecule has 0 spiro atoms. The first-order valence-corrected chi connectivity index (χ1v) is 6.21. The van der Waals surface area contributed by atoms with E-state index in [4.69, 9.17) is 0 Å². The van der Waals surface area contributed by atoms with Gasteiger partial charge in [-0.2, -0.15) is 0 Å². The Morgan fingerprint density at radius 3 is 3.12 bits per heavy atom. The van der Waals surface area contributed by atoms with Crippen molar-refractivity contribution < 1.29 is 0 Å². The topological polar surface area (TPSA) is 44.8 Å². The maximum atomic E-state index is 4.43. The van der Waals surface area contributed by atoms with E-state index in [0.717, 1.165) is 23.9 Å². The minimum absolute atomic E-state index is 0.630. The van der Waals surface area contributed by atoms with Crippen LogP contribution in [-0.2, 0) is 12.8 Å². The highest BCUT2D eigenvalue weighted by Gasteiger charge is 2.22. The van der Waals surface area contributed by atoms with Gasteiger partial charge in [0.1, 0.15) is 6.33 Å². The van der Waals surface area contributed by atoms with Gasteiger partial charge in [-0.1, -0.05) is 0 Å². The lowest BCUT2D eigenvalue weighted by atomic mass is 10.1. The van der Waals surface area contributed by atoms with Crippen LogP contribution in [0.4, 0.5) is 0 Å². The molecule has 17 heavy (non-hydrogen) atoms. The second kappa shape index (κ2) is 4.11. The molecule has 0 aliphatic heterocycles. The zero-order valence-electron chi connectivity index (χ0n) is 10.4. The summed E-state index contributed by atoms with van der Waals surface area (Å²) in [6, 6.07) is 0.630. The lowest BCUT2D eigenvalue weighted by Crippen LogP contribution is -2.29. The van der Waals surface area contributed by atoms with Gasteiger partial charge in [0, 0.05) is 17.3 Å². The maximum Gasteiger partial charge on any atom is 0.116 e. The quantitative estimate of drug-likeness (QED) is 0.759. The Morgan fingerprint density at radius 1 is 1.41 bits per heavy atom. The largest absolute Gasteiger partial charge is 0.356 e. The first-order valence-electron chi connectivity index (χ1n) is 6.21. The van der Waals surface area contributed by atoms with Crippen LogP contribution in [-0.4, -0.2) is 40.0 Å². The number of hydrogen-bond acceptors (Lipinski definition) is 3. The predicted octanol–water partition coefficient (Wildman–Crippen LogP) is 1.77. The third-order valence-corrected chi connectivity index (χ3v) is 3.78. The Hall–Kier alpha value is -1.42. The van der Waals surface area contributed by atoms with Crippen molar-refractivity contribution in [3.63, 3.8) is 0 Å². The van der Waals surface area contributed by atoms with Crippen LogP contribution in [0.2, 0.25) is 0 Å². The van der Waals surface area contributed by atoms with Gasteiger partial charge < -0.3 is 9.88 Å². The fourth-order valence-electron chi connectivity index (χ4n) is 2.77. The number of rotatable bonds is 1. The van der Waals surface area contributed by atoms with Crippen LogP contribution >= 0.6 is 0 Å². The molecule has 3 rings (SSSR count). The van der Waals surface area contributed by atoms with Gasteiger partial charge >= 0.3 is 0 Å². The van der Waals surface area contributed by atoms with Crippen LogP contribution in [0.15, 0.2) is 12.5 Å². The van der Waals surface area contributed by atoms with E-state index in [2.05, 4.69) is 33.9 Å². The molecule has 1 N–H and O–H groups in total. The summed E-state index contributed by atoms with van der Waals surface area (Å²) in [6.07, 6.45) is 8.27. The normalized spacial score (nSPS) is 20.5. The van der Waals surface area contributed by atoms with Gasteiger partial charge in [0.2, 0.25) is 0 Å². The number of nitrogens with one attached hydrogen (secondary N) is 1. The van der Waals surface area contributed by atoms with E-state index in [0.29, 0.717) is 6.04 Å². The number of nitrogens with zero attached hydrogens (tertiary/aromatic N) is 3. The lowest BCUT2D eigenvalue weighted by Gasteiger charge is -2.22. The standard InChI is InChI=1S/C13H18N4/c1-17(2)9-4-3-5-11-10(6-9)13-12(16-11)7-14-8-15-13/h7-9,16H,3-6H2,1-2H3/t9-/m0/s1. The van der Waals surface area contributed by atoms with Crippen molar-refractivity contribution in [3.05, 3.63) is 23.8 Å². The molecular formula is C13H18N4. The average Bonchev–Trinajstić information content (AvgIpc) is 2.53. The van der Waals surface area contributed by atoms with E-state index in [9.17, 15) is 0 Å². The summed E-state index contributed by atoms with van der Waals surface area (Å²) in [4.78, 5) is 14.3. The zero-order valence-corrected chi connectivity index (χ0v) is 10.4. The van der Waals surface area contributed by atoms with E-state index >= 15 is 0 Å². The van der Waals surface area contributed by atoms with Crippen molar-refractivity contribution in [2.45, 2.75) is 31.7 Å². The minimum atomic E-state index is 0.630. The molecular weight excluding hydrogens is 212 g/mol. The van der Waals surface area contributed by atoms with Crippen LogP contribution in [0, 0.1) is 0 Å². The second-order valence-electron chi connectivity index (χ2n) is 5.08. The number of fused-ring (bicyclic) bond motifs is 3. The predicted molar refractivity (Wildman–Crippen MR) is 68.0 cm³/mol. The molecule has 4 heteroatoms. The molecule has 4 nitrogen and oxygen atoms in total. The van der Waals surface area contributed by atoms with Gasteiger partial charge in [-0.05, 0) is 39.8 Å². The summed E-state index contributed by atoms with van der Waals surface area (Å²) < 4.78 is 0. The van der Waals surface area contributed by atoms with E-state index in [1.165, 1.54) is 24.1 Å². The molecule has 2 heterocycles. The molecule has 90 valence electrons. The van der Waals surface area contributed by atoms with Gasteiger partial charge in [0.05, 0.1) is 17.2 Å². The third kappa shape index (κ3) is 1.82. The van der Waals surface area contributed by atoms with Crippen LogP contribution < -0.4 is 0 Å². The molecule has 2 aromatic rings. The lowest BCUT2D eigenvalue weighted by molar-refractivity contribution is 0.277. The number of H-pyrrole nitrogens is 1. The fraction of sp³-hybridized carbons (Fsp3) is 0.538. The Labute approximate surface area is 101 Å². The Kier molecular flexibility index (Phi) is 2.59. The number of aryl methyl sites for hydroxylation is 1. The van der Waals surface area contributed by atoms with Crippen LogP contribution in [0.3, 0.4) is 0 Å². The highest BCUT2D eigenvalue weighted by atomic mass is 15.1. The molecule has 0 unspecified atom stereocenters. The average molecular weight is 230 g/mol. The van der Waals surface area contributed by atoms with Crippen molar-refractivity contribution in [1.82, 2.24) is 19.9 Å². The summed E-state index contributed by atoms with van der Waals surface area (Å²) in [6.45, 7) is 0. The van der Waals surface area contributed by atoms with Crippen LogP contribution in [0.25, 0.3) is 11.0 Å². The molecule has 0 saturated carbocycles. The summed E-state index contributed by atoms with van der Waals surface area (Å²) in [5.74, 6) is 0. The molecule has 2 aromatic heterocycles. The summed E-state index contributed by atoms with van der Waals surface area (Å²) >= 11 is 0.